The standard InChI is InChI=1S/C27H28Br2N3O/c1-4-6-12-31-20-10-8-16(28)14-18(20)22-24(30)23-19-15-17(29)9-11-21(19)32(13-7-5-2)26(23)27(33-3)25(22)31/h8-11,14-15,30H,4-7,12-13H2,1-3H3/q+1/p+1. The van der Waals surface area contributed by atoms with E-state index in [0.717, 1.165) is 91.8 Å². The Bertz CT molecular complexity index is 1510. The van der Waals surface area contributed by atoms with Crippen LogP contribution in [0.2, 0.25) is 0 Å². The highest BCUT2D eigenvalue weighted by Crippen LogP contribution is 2.43. The monoisotopic (exact) mass is 569 g/mol. The van der Waals surface area contributed by atoms with Crippen molar-refractivity contribution in [3.05, 3.63) is 66.5 Å². The number of hydrogen-bond donors (Lipinski definition) is 1. The Morgan fingerprint density at radius 3 is 2.27 bits per heavy atom. The second kappa shape index (κ2) is 8.88. The molecule has 0 saturated heterocycles. The SMILES string of the molecule is CCCC[N+]1=c2c(OC)c3c(c(N)c2-c2cc(Br)ccc21)=c1cc(Br)ccc1=[N+]3CCCC. The first kappa shape index (κ1) is 22.6. The average Bonchev–Trinajstić information content (AvgIpc) is 3.29. The predicted molar refractivity (Wildman–Crippen MR) is 143 cm³/mol. The van der Waals surface area contributed by atoms with Gasteiger partial charge in [0.2, 0.25) is 11.0 Å². The molecule has 0 unspecified atom stereocenters. The summed E-state index contributed by atoms with van der Waals surface area (Å²) in [5.74, 6) is 0.918. The molecule has 3 aromatic rings. The summed E-state index contributed by atoms with van der Waals surface area (Å²) in [5, 5.41) is 4.55. The fraction of sp³-hybridized carbons (Fsp3) is 0.333. The number of anilines is 1. The smallest absolute Gasteiger partial charge is 0.265 e. The van der Waals surface area contributed by atoms with Gasteiger partial charge in [-0.3, -0.25) is 0 Å². The van der Waals surface area contributed by atoms with Gasteiger partial charge in [0.1, 0.15) is 13.1 Å². The van der Waals surface area contributed by atoms with E-state index in [-0.39, 0.29) is 0 Å². The number of halogens is 2. The summed E-state index contributed by atoms with van der Waals surface area (Å²) in [7, 11) is 1.79. The van der Waals surface area contributed by atoms with E-state index in [1.54, 1.807) is 7.11 Å². The molecule has 0 saturated carbocycles. The second-order valence-corrected chi connectivity index (χ2v) is 10.6. The molecule has 0 fully saturated rings. The molecule has 3 aromatic carbocycles. The molecular formula is C27H29Br2N3O+2. The lowest BCUT2D eigenvalue weighted by atomic mass is 10.00. The largest absolute Gasteiger partial charge is 0.486 e. The number of unbranched alkanes of at least 4 members (excludes halogenated alkanes) is 2. The van der Waals surface area contributed by atoms with Gasteiger partial charge >= 0.3 is 0 Å². The van der Waals surface area contributed by atoms with Crippen molar-refractivity contribution in [3.63, 3.8) is 0 Å². The van der Waals surface area contributed by atoms with Gasteiger partial charge in [-0.1, -0.05) is 58.5 Å². The summed E-state index contributed by atoms with van der Waals surface area (Å²) in [4.78, 5) is 0. The van der Waals surface area contributed by atoms with Gasteiger partial charge < -0.3 is 10.5 Å². The van der Waals surface area contributed by atoms with Gasteiger partial charge in [-0.05, 0) is 24.3 Å². The number of ether oxygens (including phenoxy) is 1. The minimum absolute atomic E-state index is 0.831. The van der Waals surface area contributed by atoms with Crippen LogP contribution >= 0.6 is 31.9 Å². The van der Waals surface area contributed by atoms with Crippen LogP contribution in [0.3, 0.4) is 0 Å². The number of benzene rings is 3. The highest BCUT2D eigenvalue weighted by molar-refractivity contribution is 9.10. The summed E-state index contributed by atoms with van der Waals surface area (Å²) in [6.45, 7) is 6.32. The first-order valence-corrected chi connectivity index (χ1v) is 13.3. The van der Waals surface area contributed by atoms with E-state index in [1.807, 2.05) is 0 Å². The molecule has 0 radical (unpaired) electrons. The summed E-state index contributed by atoms with van der Waals surface area (Å²) in [6, 6.07) is 13.0. The lowest BCUT2D eigenvalue weighted by Crippen LogP contribution is -2.29. The van der Waals surface area contributed by atoms with Crippen LogP contribution in [0.5, 0.6) is 5.75 Å². The van der Waals surface area contributed by atoms with Crippen LogP contribution in [0, 0.1) is 10.4 Å². The van der Waals surface area contributed by atoms with Gasteiger partial charge in [-0.25, -0.2) is 0 Å². The van der Waals surface area contributed by atoms with E-state index >= 15 is 0 Å². The Labute approximate surface area is 211 Å². The third-order valence-corrected chi connectivity index (χ3v) is 7.68. The average molecular weight is 571 g/mol. The maximum Gasteiger partial charge on any atom is 0.265 e. The molecule has 4 nitrogen and oxygen atoms in total. The van der Waals surface area contributed by atoms with Crippen LogP contribution in [0.4, 0.5) is 17.1 Å². The van der Waals surface area contributed by atoms with Crippen LogP contribution in [-0.2, 0) is 0 Å². The van der Waals surface area contributed by atoms with Crippen molar-refractivity contribution < 1.29 is 4.74 Å². The van der Waals surface area contributed by atoms with Crippen molar-refractivity contribution in [2.24, 2.45) is 0 Å². The van der Waals surface area contributed by atoms with Crippen LogP contribution in [-0.4, -0.2) is 20.2 Å². The highest BCUT2D eigenvalue weighted by Gasteiger charge is 2.39. The van der Waals surface area contributed by atoms with Crippen LogP contribution in [0.15, 0.2) is 45.3 Å². The van der Waals surface area contributed by atoms with Crippen molar-refractivity contribution in [2.75, 3.05) is 25.9 Å². The van der Waals surface area contributed by atoms with Crippen molar-refractivity contribution in [1.29, 1.82) is 0 Å². The van der Waals surface area contributed by atoms with Gasteiger partial charge in [0, 0.05) is 33.9 Å². The quantitative estimate of drug-likeness (QED) is 0.295. The molecule has 2 aliphatic rings. The zero-order valence-corrected chi connectivity index (χ0v) is 22.5. The second-order valence-electron chi connectivity index (χ2n) is 8.73. The number of nitrogens with zero attached hydrogens (tertiary/aromatic N) is 2. The third kappa shape index (κ3) is 3.45. The Morgan fingerprint density at radius 2 is 1.58 bits per heavy atom. The van der Waals surface area contributed by atoms with E-state index in [4.69, 9.17) is 10.5 Å². The van der Waals surface area contributed by atoms with Crippen LogP contribution in [0.1, 0.15) is 39.5 Å². The van der Waals surface area contributed by atoms with Gasteiger partial charge in [0.05, 0.1) is 34.4 Å². The Morgan fingerprint density at radius 1 is 0.909 bits per heavy atom. The molecule has 0 amide bonds. The molecule has 0 bridgehead atoms. The molecule has 5 rings (SSSR count). The lowest BCUT2D eigenvalue weighted by molar-refractivity contribution is 0.402. The number of nitrogen functional groups attached to an aromatic ring is 1. The molecule has 2 N–H and O–H groups in total. The lowest BCUT2D eigenvalue weighted by Gasteiger charge is -2.08. The number of rotatable bonds is 7. The molecule has 2 heterocycles. The maximum atomic E-state index is 7.08. The fourth-order valence-corrected chi connectivity index (χ4v) is 5.92. The molecule has 6 heteroatoms. The van der Waals surface area contributed by atoms with Gasteiger partial charge in [-0.15, -0.1) is 0 Å². The van der Waals surface area contributed by atoms with Crippen molar-refractivity contribution in [2.45, 2.75) is 39.5 Å². The highest BCUT2D eigenvalue weighted by atomic mass is 79.9. The van der Waals surface area contributed by atoms with Crippen molar-refractivity contribution in [3.8, 4) is 16.9 Å². The van der Waals surface area contributed by atoms with E-state index < -0.39 is 0 Å². The molecule has 0 aromatic heterocycles. The summed E-state index contributed by atoms with van der Waals surface area (Å²) < 4.78 is 13.2. The van der Waals surface area contributed by atoms with E-state index in [2.05, 4.69) is 91.3 Å². The zero-order chi connectivity index (χ0) is 23.3. The number of hydrogen-bond acceptors (Lipinski definition) is 2. The number of methoxy groups -OCH3 is 1. The molecule has 0 spiro atoms. The Balaban J connectivity index is 2.00. The van der Waals surface area contributed by atoms with Crippen LogP contribution in [0.25, 0.3) is 11.1 Å². The Hall–Kier alpha value is -2.18. The maximum absolute atomic E-state index is 7.08. The zero-order valence-electron chi connectivity index (χ0n) is 19.3. The topological polar surface area (TPSA) is 41.3 Å². The van der Waals surface area contributed by atoms with E-state index in [0.29, 0.717) is 0 Å². The van der Waals surface area contributed by atoms with Crippen molar-refractivity contribution >= 4 is 48.9 Å². The summed E-state index contributed by atoms with van der Waals surface area (Å²) in [5.41, 5.74) is 12.5. The molecular weight excluding hydrogens is 542 g/mol. The van der Waals surface area contributed by atoms with Gasteiger partial charge in [0.15, 0.2) is 0 Å². The minimum atomic E-state index is 0.831. The molecule has 0 atom stereocenters. The summed E-state index contributed by atoms with van der Waals surface area (Å²) in [6.07, 6.45) is 4.45. The Kier molecular flexibility index (Phi) is 6.08. The van der Waals surface area contributed by atoms with Gasteiger partial charge in [-0.2, -0.15) is 9.15 Å². The van der Waals surface area contributed by atoms with Crippen molar-refractivity contribution in [1.82, 2.24) is 9.15 Å². The first-order chi connectivity index (χ1) is 16.0. The predicted octanol–water partition coefficient (Wildman–Crippen LogP) is 5.63. The number of fused-ring (bicyclic) bond motifs is 5. The number of nitrogens with two attached hydrogens (primary N) is 1. The van der Waals surface area contributed by atoms with Crippen LogP contribution < -0.4 is 30.3 Å². The fourth-order valence-electron chi connectivity index (χ4n) is 5.20. The molecule has 2 aliphatic heterocycles. The van der Waals surface area contributed by atoms with Gasteiger partial charge in [0.25, 0.3) is 16.8 Å². The first-order valence-electron chi connectivity index (χ1n) is 11.7. The van der Waals surface area contributed by atoms with E-state index in [9.17, 15) is 0 Å². The summed E-state index contributed by atoms with van der Waals surface area (Å²) >= 11 is 7.36. The van der Waals surface area contributed by atoms with E-state index in [1.165, 1.54) is 11.0 Å². The minimum Gasteiger partial charge on any atom is -0.486 e. The molecule has 33 heavy (non-hydrogen) atoms. The molecule has 0 aliphatic carbocycles. The molecule has 170 valence electrons. The normalized spacial score (nSPS) is 13.1. The third-order valence-electron chi connectivity index (χ3n) is 6.69.